The molecule has 7 aromatic heterocycles. The van der Waals surface area contributed by atoms with Crippen molar-refractivity contribution in [3.63, 3.8) is 0 Å². The van der Waals surface area contributed by atoms with Gasteiger partial charge in [-0.1, -0.05) is 117 Å². The van der Waals surface area contributed by atoms with Gasteiger partial charge in [-0.05, 0) is 222 Å². The maximum Gasteiger partial charge on any atom is 0.273 e. The molecule has 1 aromatic carbocycles. The van der Waals surface area contributed by atoms with Gasteiger partial charge in [0.25, 0.3) is 35.4 Å². The van der Waals surface area contributed by atoms with E-state index in [0.29, 0.717) is 135 Å². The standard InChI is InChI=1S/C21H23N3O2S.C18H29N3O2.C17H25N3O3.C17H27N3O2.C16H25N3O2.C15H23N3O2/c1-13-10-24(11-16-8-15-4-2-3-5-20(15)27-16)12-18(13)22-21(25)17-9-19(26-23-17)14-6-7-14;1-11(2)7-14-9-21(12(3)4)10-16(14)19-18(22)15-8-17(23-20-15)13-5-6-13;1-11-7-20(8-12-4-5-22-10-12)9-15(11)18-17(21)14-6-16(23-19-14)13-2-3-13;1-4-5-13-9-20(11(2)3)10-15(13)18-17(21)14-8-16(22-19-14)12-6-7-12;1-10(2)6-12-8-19(3)9-14(12)17-16(20)13-7-15(21-18-13)11-4-5-11;1-3-4-11-8-18(2)9-13(11)16-15(19)12-7-14(20-17-12)10-5-6-10/h2-5,8-9,13-14,18H,6-7,10-12H2,1H3,(H,22,25);8,11-14,16H,5-7,9-10H2,1-4H3,(H,19,22);6,11-13,15H,2-5,7-10H2,1H3,(H,18,21);8,11-13,15H,4-7,9-10H2,1-3H3,(H,18,21);7,10-12,14H,4-6,8-9H2,1-3H3,(H,17,20);7,10-11,13H,3-6,8-9H2,1-2H3,(H,16,19)/t13-,18-;14-,16-;11-,12?,15+;13-,15-;12-,14-;11-,13-/m100000/s1. The number of likely N-dealkylation sites (N-methyl/N-ethyl adjacent to an activating group) is 2. The molecule has 13 fully saturated rings. The SMILES string of the molecule is CC(C)C[C@H]1CN(C(C)C)C[C@@H]1NC(=O)c1cc(C2CC2)on1.CC(C)C[C@H]1CN(C)C[C@@H]1NC(=O)c1cc(C2CC2)on1.CCC[C@H]1CN(C(C)C)C[C@@H]1NC(=O)c1cc(C2CC2)on1.CCC[C@H]1CN(C)C[C@@H]1NC(=O)c1cc(C2CC2)on1.C[C@@H]1CN(Cc2cc3ccccc3s2)C[C@H]1NC(=O)c1cc(C2CC2)on1.C[C@H]1CN(CC2CCOC2)C[C@H]1NC(=O)c1cc(C2CC2)on1. The first-order valence-electron chi connectivity index (χ1n) is 51.6. The molecule has 7 saturated heterocycles. The molecule has 0 radical (unpaired) electrons. The number of amides is 6. The van der Waals surface area contributed by atoms with Crippen LogP contribution >= 0.6 is 11.3 Å². The van der Waals surface area contributed by atoms with Crippen LogP contribution in [0.1, 0.15) is 343 Å². The van der Waals surface area contributed by atoms with E-state index in [1.165, 1.54) is 15.0 Å². The molecule has 6 saturated carbocycles. The summed E-state index contributed by atoms with van der Waals surface area (Å²) in [5.41, 5.74) is 2.54. The second-order valence-electron chi connectivity index (χ2n) is 43.6. The monoisotopic (exact) mass is 1890 g/mol. The van der Waals surface area contributed by atoms with Crippen LogP contribution in [0.25, 0.3) is 10.1 Å². The Morgan fingerprint density at radius 3 is 1.06 bits per heavy atom. The summed E-state index contributed by atoms with van der Waals surface area (Å²) in [4.78, 5) is 90.2. The number of ether oxygens (including phenoxy) is 1. The van der Waals surface area contributed by atoms with Crippen LogP contribution in [0.2, 0.25) is 0 Å². The fourth-order valence-corrected chi connectivity index (χ4v) is 22.0. The highest BCUT2D eigenvalue weighted by Gasteiger charge is 2.43. The number of fused-ring (bicyclic) bond motifs is 1. The summed E-state index contributed by atoms with van der Waals surface area (Å²) in [6.07, 6.45) is 21.9. The normalized spacial score (nSPS) is 26.5. The number of nitrogens with zero attached hydrogens (tertiary/aromatic N) is 12. The fraction of sp³-hybridized carbons (Fsp3) is 0.692. The average molecular weight is 1890 g/mol. The maximum atomic E-state index is 12.5. The predicted octanol–water partition coefficient (Wildman–Crippen LogP) is 15.8. The molecule has 742 valence electrons. The van der Waals surface area contributed by atoms with E-state index < -0.39 is 0 Å². The Morgan fingerprint density at radius 1 is 0.382 bits per heavy atom. The molecule has 14 heterocycles. The van der Waals surface area contributed by atoms with Crippen molar-refractivity contribution in [3.05, 3.63) is 140 Å². The minimum Gasteiger partial charge on any atom is -0.381 e. The summed E-state index contributed by atoms with van der Waals surface area (Å²) in [5, 5.41) is 43.9. The van der Waals surface area contributed by atoms with Crippen molar-refractivity contribution in [3.8, 4) is 0 Å². The highest BCUT2D eigenvalue weighted by molar-refractivity contribution is 7.19. The van der Waals surface area contributed by atoms with Gasteiger partial charge in [0.15, 0.2) is 34.2 Å². The maximum absolute atomic E-state index is 12.5. The predicted molar refractivity (Wildman–Crippen MR) is 520 cm³/mol. The number of carbonyl (C=O) groups is 6. The van der Waals surface area contributed by atoms with E-state index in [0.717, 1.165) is 261 Å². The highest BCUT2D eigenvalue weighted by Crippen LogP contribution is 2.45. The molecular weight excluding hydrogens is 1740 g/mol. The Bertz CT molecular complexity index is 5180. The van der Waals surface area contributed by atoms with Crippen LogP contribution in [0.15, 0.2) is 93.9 Å². The van der Waals surface area contributed by atoms with Crippen molar-refractivity contribution >= 4 is 56.9 Å². The number of thiophene rings is 1. The summed E-state index contributed by atoms with van der Waals surface area (Å²) in [6.45, 7) is 42.2. The zero-order valence-corrected chi connectivity index (χ0v) is 83.8. The molecule has 0 bridgehead atoms. The molecule has 21 rings (SSSR count). The van der Waals surface area contributed by atoms with E-state index in [-0.39, 0.29) is 71.7 Å². The van der Waals surface area contributed by atoms with Crippen molar-refractivity contribution in [2.75, 3.05) is 112 Å². The smallest absolute Gasteiger partial charge is 0.273 e. The minimum atomic E-state index is -0.119. The number of carbonyl (C=O) groups excluding carboxylic acids is 6. The van der Waals surface area contributed by atoms with E-state index in [1.54, 1.807) is 12.1 Å². The van der Waals surface area contributed by atoms with Crippen molar-refractivity contribution in [2.45, 2.75) is 295 Å². The van der Waals surface area contributed by atoms with Crippen LogP contribution in [0, 0.1) is 53.3 Å². The zero-order chi connectivity index (χ0) is 95.5. The summed E-state index contributed by atoms with van der Waals surface area (Å²) in [5.74, 6) is 12.4. The van der Waals surface area contributed by atoms with Crippen molar-refractivity contribution in [1.82, 2.24) is 92.2 Å². The molecule has 32 heteroatoms. The number of hydrogen-bond acceptors (Lipinski definition) is 26. The van der Waals surface area contributed by atoms with Crippen LogP contribution < -0.4 is 31.9 Å². The van der Waals surface area contributed by atoms with Gasteiger partial charge in [-0.2, -0.15) is 0 Å². The molecule has 7 aliphatic heterocycles. The molecular formula is C104H152N18O13S. The number of benzene rings is 1. The molecule has 6 N–H and O–H groups in total. The lowest BCUT2D eigenvalue weighted by Gasteiger charge is -2.20. The summed E-state index contributed by atoms with van der Waals surface area (Å²) >= 11 is 1.86. The Hall–Kier alpha value is -9.02. The Balaban J connectivity index is 0.000000119. The zero-order valence-electron chi connectivity index (χ0n) is 83.0. The molecule has 13 aliphatic rings. The largest absolute Gasteiger partial charge is 0.381 e. The first kappa shape index (κ1) is 100.0. The van der Waals surface area contributed by atoms with Gasteiger partial charge in [0.1, 0.15) is 34.6 Å². The quantitative estimate of drug-likeness (QED) is 0.0228. The number of likely N-dealkylation sites (tertiary alicyclic amines) is 6. The van der Waals surface area contributed by atoms with Gasteiger partial charge in [-0.3, -0.25) is 43.5 Å². The third-order valence-corrected chi connectivity index (χ3v) is 30.7. The first-order chi connectivity index (χ1) is 65.5. The highest BCUT2D eigenvalue weighted by atomic mass is 32.1. The average Bonchev–Trinajstić information content (AvgIpc) is 1.70. The number of aromatic nitrogens is 6. The van der Waals surface area contributed by atoms with Crippen molar-refractivity contribution < 1.29 is 60.6 Å². The lowest BCUT2D eigenvalue weighted by atomic mass is 9.93. The second-order valence-corrected chi connectivity index (χ2v) is 44.7. The molecule has 6 amide bonds. The first-order valence-corrected chi connectivity index (χ1v) is 52.4. The molecule has 6 aliphatic carbocycles. The minimum absolute atomic E-state index is 0.0904. The van der Waals surface area contributed by atoms with E-state index in [1.807, 2.05) is 35.6 Å². The Morgan fingerprint density at radius 2 is 0.706 bits per heavy atom. The summed E-state index contributed by atoms with van der Waals surface area (Å²) in [7, 11) is 4.22. The lowest BCUT2D eigenvalue weighted by Crippen LogP contribution is -2.41. The number of rotatable bonds is 32. The second kappa shape index (κ2) is 45.9. The van der Waals surface area contributed by atoms with Gasteiger partial charge in [-0.25, -0.2) is 0 Å². The summed E-state index contributed by atoms with van der Waals surface area (Å²) < 4.78 is 38.5. The fourth-order valence-electron chi connectivity index (χ4n) is 20.9. The van der Waals surface area contributed by atoms with Crippen LogP contribution in [0.3, 0.4) is 0 Å². The van der Waals surface area contributed by atoms with Gasteiger partial charge in [0, 0.05) is 228 Å². The number of nitrogens with one attached hydrogen (secondary N) is 6. The molecule has 1 unspecified atom stereocenters. The van der Waals surface area contributed by atoms with Gasteiger partial charge < -0.3 is 78.5 Å². The van der Waals surface area contributed by atoms with Gasteiger partial charge >= 0.3 is 0 Å². The van der Waals surface area contributed by atoms with Crippen LogP contribution in [0.5, 0.6) is 0 Å². The lowest BCUT2D eigenvalue weighted by molar-refractivity contribution is 0.0910. The van der Waals surface area contributed by atoms with E-state index in [9.17, 15) is 28.8 Å². The van der Waals surface area contributed by atoms with Crippen LogP contribution in [-0.4, -0.2) is 257 Å². The van der Waals surface area contributed by atoms with Crippen LogP contribution in [0.4, 0.5) is 0 Å². The Kier molecular flexibility index (Phi) is 33.8. The molecule has 8 aromatic rings. The third-order valence-electron chi connectivity index (χ3n) is 29.6. The number of hydrogen-bond donors (Lipinski definition) is 6. The third kappa shape index (κ3) is 27.8. The molecule has 31 nitrogen and oxygen atoms in total. The molecule has 0 spiro atoms. The van der Waals surface area contributed by atoms with Gasteiger partial charge in [0.05, 0.1) is 6.61 Å². The van der Waals surface area contributed by atoms with Crippen molar-refractivity contribution in [1.29, 1.82) is 0 Å². The molecule has 13 atom stereocenters. The van der Waals surface area contributed by atoms with Crippen LogP contribution in [-0.2, 0) is 11.3 Å². The summed E-state index contributed by atoms with van der Waals surface area (Å²) in [6, 6.07) is 23.9. The Labute approximate surface area is 806 Å². The topological polar surface area (TPSA) is 359 Å². The van der Waals surface area contributed by atoms with E-state index in [4.69, 9.17) is 31.9 Å². The van der Waals surface area contributed by atoms with E-state index in [2.05, 4.69) is 220 Å². The van der Waals surface area contributed by atoms with Gasteiger partial charge in [-0.15, -0.1) is 11.3 Å². The van der Waals surface area contributed by atoms with Gasteiger partial charge in [0.2, 0.25) is 0 Å². The van der Waals surface area contributed by atoms with E-state index >= 15 is 0 Å². The van der Waals surface area contributed by atoms with Crippen molar-refractivity contribution in [2.24, 2.45) is 53.3 Å². The molecule has 136 heavy (non-hydrogen) atoms.